The average molecular weight is 279 g/mol. The third kappa shape index (κ3) is 4.20. The van der Waals surface area contributed by atoms with Gasteiger partial charge in [0.05, 0.1) is 5.60 Å². The Morgan fingerprint density at radius 1 is 1.50 bits per heavy atom. The highest BCUT2D eigenvalue weighted by Gasteiger charge is 2.24. The van der Waals surface area contributed by atoms with Gasteiger partial charge in [-0.05, 0) is 25.5 Å². The zero-order chi connectivity index (χ0) is 14.6. The van der Waals surface area contributed by atoms with Crippen LogP contribution in [-0.4, -0.2) is 43.6 Å². The molecule has 112 valence electrons. The number of rotatable bonds is 7. The van der Waals surface area contributed by atoms with E-state index in [0.29, 0.717) is 19.6 Å². The van der Waals surface area contributed by atoms with Crippen molar-refractivity contribution in [2.45, 2.75) is 38.4 Å². The van der Waals surface area contributed by atoms with E-state index in [9.17, 15) is 5.11 Å². The van der Waals surface area contributed by atoms with Crippen LogP contribution in [0.1, 0.15) is 24.5 Å². The molecule has 0 fully saturated rings. The van der Waals surface area contributed by atoms with Crippen molar-refractivity contribution in [3.63, 3.8) is 0 Å². The highest BCUT2D eigenvalue weighted by Crippen LogP contribution is 2.29. The smallest absolute Gasteiger partial charge is 0.123 e. The van der Waals surface area contributed by atoms with E-state index in [1.807, 2.05) is 13.0 Å². The fraction of sp³-hybridized carbons (Fsp3) is 0.625. The van der Waals surface area contributed by atoms with Gasteiger partial charge in [0.1, 0.15) is 11.9 Å². The maximum Gasteiger partial charge on any atom is 0.123 e. The minimum Gasteiger partial charge on any atom is -0.488 e. The second kappa shape index (κ2) is 6.57. The molecule has 2 N–H and O–H groups in total. The van der Waals surface area contributed by atoms with Gasteiger partial charge in [-0.1, -0.05) is 17.7 Å². The van der Waals surface area contributed by atoms with Crippen molar-refractivity contribution in [3.05, 3.63) is 29.3 Å². The Balaban J connectivity index is 1.74. The van der Waals surface area contributed by atoms with Crippen molar-refractivity contribution in [3.8, 4) is 5.75 Å². The molecule has 20 heavy (non-hydrogen) atoms. The third-order valence-electron chi connectivity index (χ3n) is 3.68. The monoisotopic (exact) mass is 279 g/mol. The van der Waals surface area contributed by atoms with Crippen molar-refractivity contribution >= 4 is 0 Å². The largest absolute Gasteiger partial charge is 0.488 e. The van der Waals surface area contributed by atoms with Gasteiger partial charge in [-0.25, -0.2) is 0 Å². The van der Waals surface area contributed by atoms with Crippen molar-refractivity contribution in [2.75, 3.05) is 26.8 Å². The molecule has 0 spiro atoms. The number of fused-ring (bicyclic) bond motifs is 1. The van der Waals surface area contributed by atoms with E-state index in [-0.39, 0.29) is 6.10 Å². The van der Waals surface area contributed by atoms with Crippen LogP contribution in [0.4, 0.5) is 0 Å². The lowest BCUT2D eigenvalue weighted by molar-refractivity contribution is 0.0235. The topological polar surface area (TPSA) is 50.7 Å². The van der Waals surface area contributed by atoms with Crippen LogP contribution in [0.25, 0.3) is 0 Å². The van der Waals surface area contributed by atoms with E-state index in [1.54, 1.807) is 7.11 Å². The zero-order valence-electron chi connectivity index (χ0n) is 12.6. The van der Waals surface area contributed by atoms with E-state index in [0.717, 1.165) is 18.7 Å². The lowest BCUT2D eigenvalue weighted by Gasteiger charge is -2.24. The summed E-state index contributed by atoms with van der Waals surface area (Å²) in [5, 5.41) is 13.4. The van der Waals surface area contributed by atoms with Crippen LogP contribution >= 0.6 is 0 Å². The summed E-state index contributed by atoms with van der Waals surface area (Å²) in [6.07, 6.45) is 1.72. The summed E-state index contributed by atoms with van der Waals surface area (Å²) in [6.45, 7) is 5.78. The van der Waals surface area contributed by atoms with Gasteiger partial charge in [0.15, 0.2) is 0 Å². The molecule has 1 heterocycles. The van der Waals surface area contributed by atoms with Gasteiger partial charge in [-0.15, -0.1) is 0 Å². The fourth-order valence-electron chi connectivity index (χ4n) is 2.48. The quantitative estimate of drug-likeness (QED) is 0.797. The lowest BCUT2D eigenvalue weighted by Crippen LogP contribution is -2.42. The standard InChI is InChI=1S/C16H25NO3/c1-12-4-5-15-13(8-12)9-14(20-15)10-17-11-16(2,18)6-7-19-3/h4-5,8,14,17-18H,6-7,9-11H2,1-3H3. The molecule has 2 atom stereocenters. The molecule has 0 saturated carbocycles. The summed E-state index contributed by atoms with van der Waals surface area (Å²) in [7, 11) is 1.65. The number of hydrogen-bond donors (Lipinski definition) is 2. The van der Waals surface area contributed by atoms with Gasteiger partial charge in [0, 0.05) is 39.6 Å². The zero-order valence-corrected chi connectivity index (χ0v) is 12.6. The first-order valence-corrected chi connectivity index (χ1v) is 7.18. The number of aryl methyl sites for hydroxylation is 1. The lowest BCUT2D eigenvalue weighted by atomic mass is 10.0. The van der Waals surface area contributed by atoms with Gasteiger partial charge >= 0.3 is 0 Å². The maximum atomic E-state index is 10.1. The molecule has 2 rings (SSSR count). The molecule has 0 aromatic heterocycles. The minimum absolute atomic E-state index is 0.157. The molecule has 0 amide bonds. The molecule has 1 aromatic carbocycles. The normalized spacial score (nSPS) is 20.3. The number of methoxy groups -OCH3 is 1. The van der Waals surface area contributed by atoms with Crippen molar-refractivity contribution < 1.29 is 14.6 Å². The van der Waals surface area contributed by atoms with Crippen LogP contribution < -0.4 is 10.1 Å². The predicted octanol–water partition coefficient (Wildman–Crippen LogP) is 1.68. The molecule has 0 radical (unpaired) electrons. The summed E-state index contributed by atoms with van der Waals surface area (Å²) >= 11 is 0. The second-order valence-corrected chi connectivity index (χ2v) is 5.93. The van der Waals surface area contributed by atoms with Crippen LogP contribution in [0, 0.1) is 6.92 Å². The third-order valence-corrected chi connectivity index (χ3v) is 3.68. The van der Waals surface area contributed by atoms with Crippen LogP contribution in [0.3, 0.4) is 0 Å². The minimum atomic E-state index is -0.738. The molecule has 1 aliphatic rings. The molecule has 4 nitrogen and oxygen atoms in total. The molecular formula is C16H25NO3. The van der Waals surface area contributed by atoms with Crippen molar-refractivity contribution in [1.29, 1.82) is 0 Å². The van der Waals surface area contributed by atoms with E-state index >= 15 is 0 Å². The predicted molar refractivity (Wildman–Crippen MR) is 79.3 cm³/mol. The van der Waals surface area contributed by atoms with E-state index in [4.69, 9.17) is 9.47 Å². The highest BCUT2D eigenvalue weighted by atomic mass is 16.5. The molecule has 0 saturated heterocycles. The SMILES string of the molecule is COCCC(C)(O)CNCC1Cc2cc(C)ccc2O1. The molecule has 4 heteroatoms. The van der Waals surface area contributed by atoms with E-state index in [1.165, 1.54) is 11.1 Å². The number of aliphatic hydroxyl groups is 1. The highest BCUT2D eigenvalue weighted by molar-refractivity contribution is 5.40. The summed E-state index contributed by atoms with van der Waals surface area (Å²) in [5.41, 5.74) is 1.81. The maximum absolute atomic E-state index is 10.1. The Morgan fingerprint density at radius 3 is 3.05 bits per heavy atom. The summed E-state index contributed by atoms with van der Waals surface area (Å²) in [6, 6.07) is 6.30. The van der Waals surface area contributed by atoms with Crippen LogP contribution in [-0.2, 0) is 11.2 Å². The summed E-state index contributed by atoms with van der Waals surface area (Å²) < 4.78 is 10.9. The first kappa shape index (κ1) is 15.3. The summed E-state index contributed by atoms with van der Waals surface area (Å²) in [5.74, 6) is 0.994. The molecule has 0 aliphatic carbocycles. The Bertz CT molecular complexity index is 445. The molecule has 1 aromatic rings. The molecular weight excluding hydrogens is 254 g/mol. The first-order valence-electron chi connectivity index (χ1n) is 7.18. The van der Waals surface area contributed by atoms with Crippen LogP contribution in [0.5, 0.6) is 5.75 Å². The second-order valence-electron chi connectivity index (χ2n) is 5.93. The Labute approximate surface area is 121 Å². The van der Waals surface area contributed by atoms with Gasteiger partial charge in [-0.2, -0.15) is 0 Å². The van der Waals surface area contributed by atoms with Gasteiger partial charge in [0.2, 0.25) is 0 Å². The van der Waals surface area contributed by atoms with Gasteiger partial charge in [-0.3, -0.25) is 0 Å². The molecule has 0 bridgehead atoms. The number of hydrogen-bond acceptors (Lipinski definition) is 4. The Hall–Kier alpha value is -1.10. The van der Waals surface area contributed by atoms with E-state index in [2.05, 4.69) is 24.4 Å². The number of ether oxygens (including phenoxy) is 2. The van der Waals surface area contributed by atoms with Gasteiger partial charge in [0.25, 0.3) is 0 Å². The van der Waals surface area contributed by atoms with Crippen LogP contribution in [0.15, 0.2) is 18.2 Å². The summed E-state index contributed by atoms with van der Waals surface area (Å²) in [4.78, 5) is 0. The van der Waals surface area contributed by atoms with Crippen molar-refractivity contribution in [2.24, 2.45) is 0 Å². The average Bonchev–Trinajstić information content (AvgIpc) is 2.78. The molecule has 2 unspecified atom stereocenters. The Morgan fingerprint density at radius 2 is 2.30 bits per heavy atom. The number of benzene rings is 1. The number of nitrogens with one attached hydrogen (secondary N) is 1. The van der Waals surface area contributed by atoms with E-state index < -0.39 is 5.60 Å². The molecule has 1 aliphatic heterocycles. The first-order chi connectivity index (χ1) is 9.50. The Kier molecular flexibility index (Phi) is 5.02. The van der Waals surface area contributed by atoms with Gasteiger partial charge < -0.3 is 19.9 Å². The van der Waals surface area contributed by atoms with Crippen LogP contribution in [0.2, 0.25) is 0 Å². The fourth-order valence-corrected chi connectivity index (χ4v) is 2.48. The van der Waals surface area contributed by atoms with Crippen molar-refractivity contribution in [1.82, 2.24) is 5.32 Å².